The van der Waals surface area contributed by atoms with Crippen molar-refractivity contribution in [1.29, 1.82) is 0 Å². The van der Waals surface area contributed by atoms with Gasteiger partial charge in [-0.3, -0.25) is 0 Å². The van der Waals surface area contributed by atoms with Crippen molar-refractivity contribution in [3.63, 3.8) is 0 Å². The summed E-state index contributed by atoms with van der Waals surface area (Å²) in [5.41, 5.74) is 3.52. The van der Waals surface area contributed by atoms with Gasteiger partial charge in [0.25, 0.3) is 0 Å². The van der Waals surface area contributed by atoms with Gasteiger partial charge in [-0.05, 0) is 48.9 Å². The monoisotopic (exact) mass is 373 g/mol. The van der Waals surface area contributed by atoms with E-state index in [-0.39, 0.29) is 4.90 Å². The van der Waals surface area contributed by atoms with Crippen molar-refractivity contribution >= 4 is 32.4 Å². The van der Waals surface area contributed by atoms with Crippen LogP contribution >= 0.6 is 11.6 Å². The van der Waals surface area contributed by atoms with Gasteiger partial charge in [0.05, 0.1) is 4.90 Å². The van der Waals surface area contributed by atoms with Gasteiger partial charge in [0, 0.05) is 17.0 Å². The van der Waals surface area contributed by atoms with Gasteiger partial charge in [0.1, 0.15) is 0 Å². The number of fused-ring (bicyclic) bond motifs is 1. The van der Waals surface area contributed by atoms with E-state index < -0.39 is 10.0 Å². The van der Waals surface area contributed by atoms with Gasteiger partial charge in [-0.15, -0.1) is 0 Å². The molecular weight excluding hydrogens is 354 g/mol. The molecule has 0 radical (unpaired) electrons. The number of halogens is 1. The Kier molecular flexibility index (Phi) is 5.13. The SMILES string of the molecule is Cc1ccc(CCNS(=O)(=O)c2cccc3cccc(Cl)c23)c(C)c1. The molecule has 0 aliphatic carbocycles. The normalized spacial score (nSPS) is 11.8. The Morgan fingerprint density at radius 1 is 1.00 bits per heavy atom. The fourth-order valence-corrected chi connectivity index (χ4v) is 4.63. The second kappa shape index (κ2) is 7.16. The van der Waals surface area contributed by atoms with Crippen LogP contribution in [-0.2, 0) is 16.4 Å². The quantitative estimate of drug-likeness (QED) is 0.708. The number of aryl methyl sites for hydroxylation is 2. The maximum Gasteiger partial charge on any atom is 0.241 e. The minimum atomic E-state index is -3.63. The molecule has 0 aliphatic heterocycles. The van der Waals surface area contributed by atoms with Crippen LogP contribution in [0.4, 0.5) is 0 Å². The third-order valence-electron chi connectivity index (χ3n) is 4.29. The largest absolute Gasteiger partial charge is 0.241 e. The van der Waals surface area contributed by atoms with Gasteiger partial charge in [0.15, 0.2) is 0 Å². The summed E-state index contributed by atoms with van der Waals surface area (Å²) < 4.78 is 28.2. The fourth-order valence-electron chi connectivity index (χ4n) is 3.01. The lowest BCUT2D eigenvalue weighted by Gasteiger charge is -2.12. The van der Waals surface area contributed by atoms with E-state index in [2.05, 4.69) is 10.8 Å². The number of hydrogen-bond donors (Lipinski definition) is 1. The van der Waals surface area contributed by atoms with Gasteiger partial charge in [-0.2, -0.15) is 0 Å². The van der Waals surface area contributed by atoms with Crippen LogP contribution in [0.2, 0.25) is 5.02 Å². The molecule has 0 atom stereocenters. The van der Waals surface area contributed by atoms with Gasteiger partial charge in [-0.25, -0.2) is 13.1 Å². The molecule has 0 amide bonds. The van der Waals surface area contributed by atoms with E-state index in [9.17, 15) is 8.42 Å². The van der Waals surface area contributed by atoms with Crippen molar-refractivity contribution in [1.82, 2.24) is 4.72 Å². The van der Waals surface area contributed by atoms with Gasteiger partial charge in [0.2, 0.25) is 10.0 Å². The summed E-state index contributed by atoms with van der Waals surface area (Å²) in [6, 6.07) is 16.8. The van der Waals surface area contributed by atoms with Crippen molar-refractivity contribution in [3.8, 4) is 0 Å². The summed E-state index contributed by atoms with van der Waals surface area (Å²) in [5, 5.41) is 1.81. The lowest BCUT2D eigenvalue weighted by atomic mass is 10.0. The third kappa shape index (κ3) is 3.87. The maximum absolute atomic E-state index is 12.8. The highest BCUT2D eigenvalue weighted by Crippen LogP contribution is 2.29. The average Bonchev–Trinajstić information content (AvgIpc) is 2.56. The van der Waals surface area contributed by atoms with Gasteiger partial charge < -0.3 is 0 Å². The lowest BCUT2D eigenvalue weighted by molar-refractivity contribution is 0.582. The first-order chi connectivity index (χ1) is 11.9. The van der Waals surface area contributed by atoms with Crippen LogP contribution in [0.3, 0.4) is 0 Å². The second-order valence-electron chi connectivity index (χ2n) is 6.17. The molecule has 25 heavy (non-hydrogen) atoms. The van der Waals surface area contributed by atoms with Crippen LogP contribution in [0.15, 0.2) is 59.5 Å². The molecule has 3 rings (SSSR count). The minimum Gasteiger partial charge on any atom is -0.211 e. The maximum atomic E-state index is 12.8. The molecule has 3 aromatic rings. The molecular formula is C20H20ClNO2S. The van der Waals surface area contributed by atoms with E-state index in [0.717, 1.165) is 10.9 Å². The van der Waals surface area contributed by atoms with E-state index in [1.165, 1.54) is 11.1 Å². The van der Waals surface area contributed by atoms with Crippen LogP contribution in [0, 0.1) is 13.8 Å². The van der Waals surface area contributed by atoms with E-state index in [4.69, 9.17) is 11.6 Å². The summed E-state index contributed by atoms with van der Waals surface area (Å²) in [6.07, 6.45) is 0.643. The number of rotatable bonds is 5. The molecule has 1 N–H and O–H groups in total. The van der Waals surface area contributed by atoms with Crippen LogP contribution in [0.1, 0.15) is 16.7 Å². The topological polar surface area (TPSA) is 46.2 Å². The standard InChI is InChI=1S/C20H20ClNO2S/c1-14-9-10-16(15(2)13-14)11-12-22-25(23,24)19-8-4-6-17-5-3-7-18(21)20(17)19/h3-10,13,22H,11-12H2,1-2H3. The Bertz CT molecular complexity index is 1020. The molecule has 0 aromatic heterocycles. The van der Waals surface area contributed by atoms with Crippen LogP contribution in [0.25, 0.3) is 10.8 Å². The zero-order valence-corrected chi connectivity index (χ0v) is 15.8. The Balaban J connectivity index is 1.83. The molecule has 0 fully saturated rings. The Morgan fingerprint density at radius 3 is 2.44 bits per heavy atom. The molecule has 0 saturated heterocycles. The summed E-state index contributed by atoms with van der Waals surface area (Å²) in [6.45, 7) is 4.43. The summed E-state index contributed by atoms with van der Waals surface area (Å²) in [5.74, 6) is 0. The fraction of sp³-hybridized carbons (Fsp3) is 0.200. The second-order valence-corrected chi connectivity index (χ2v) is 8.31. The van der Waals surface area contributed by atoms with E-state index >= 15 is 0 Å². The minimum absolute atomic E-state index is 0.219. The molecule has 0 spiro atoms. The predicted octanol–water partition coefficient (Wildman–Crippen LogP) is 4.63. The van der Waals surface area contributed by atoms with Crippen molar-refractivity contribution in [3.05, 3.63) is 76.3 Å². The molecule has 0 aliphatic rings. The number of benzene rings is 3. The summed E-state index contributed by atoms with van der Waals surface area (Å²) in [7, 11) is -3.63. The Labute approximate surface area is 153 Å². The molecule has 0 unspecified atom stereocenters. The molecule has 3 aromatic carbocycles. The molecule has 0 heterocycles. The number of hydrogen-bond acceptors (Lipinski definition) is 2. The highest BCUT2D eigenvalue weighted by Gasteiger charge is 2.18. The zero-order valence-electron chi connectivity index (χ0n) is 14.2. The third-order valence-corrected chi connectivity index (χ3v) is 6.11. The van der Waals surface area contributed by atoms with Crippen molar-refractivity contribution < 1.29 is 8.42 Å². The first kappa shape index (κ1) is 17.9. The molecule has 0 saturated carbocycles. The van der Waals surface area contributed by atoms with E-state index in [0.29, 0.717) is 23.4 Å². The summed E-state index contributed by atoms with van der Waals surface area (Å²) in [4.78, 5) is 0.219. The zero-order chi connectivity index (χ0) is 18.0. The van der Waals surface area contributed by atoms with Crippen LogP contribution < -0.4 is 4.72 Å². The smallest absolute Gasteiger partial charge is 0.211 e. The molecule has 0 bridgehead atoms. The van der Waals surface area contributed by atoms with E-state index in [1.807, 2.05) is 44.2 Å². The van der Waals surface area contributed by atoms with Gasteiger partial charge in [-0.1, -0.05) is 59.6 Å². The average molecular weight is 374 g/mol. The Morgan fingerprint density at radius 2 is 1.72 bits per heavy atom. The molecule has 3 nitrogen and oxygen atoms in total. The first-order valence-corrected chi connectivity index (χ1v) is 9.97. The van der Waals surface area contributed by atoms with Crippen molar-refractivity contribution in [2.24, 2.45) is 0 Å². The number of sulfonamides is 1. The lowest BCUT2D eigenvalue weighted by Crippen LogP contribution is -2.26. The molecule has 5 heteroatoms. The summed E-state index contributed by atoms with van der Waals surface area (Å²) >= 11 is 6.24. The van der Waals surface area contributed by atoms with Crippen LogP contribution in [0.5, 0.6) is 0 Å². The highest BCUT2D eigenvalue weighted by atomic mass is 35.5. The van der Waals surface area contributed by atoms with Crippen molar-refractivity contribution in [2.45, 2.75) is 25.2 Å². The highest BCUT2D eigenvalue weighted by molar-refractivity contribution is 7.89. The number of nitrogens with one attached hydrogen (secondary N) is 1. The Hall–Kier alpha value is -1.88. The van der Waals surface area contributed by atoms with Gasteiger partial charge >= 0.3 is 0 Å². The van der Waals surface area contributed by atoms with Crippen LogP contribution in [-0.4, -0.2) is 15.0 Å². The predicted molar refractivity (Wildman–Crippen MR) is 104 cm³/mol. The van der Waals surface area contributed by atoms with Crippen molar-refractivity contribution in [2.75, 3.05) is 6.54 Å². The van der Waals surface area contributed by atoms with E-state index in [1.54, 1.807) is 18.2 Å². The molecule has 130 valence electrons. The first-order valence-electron chi connectivity index (χ1n) is 8.11.